The third-order valence-electron chi connectivity index (χ3n) is 5.25. The van der Waals surface area contributed by atoms with E-state index in [-0.39, 0.29) is 6.10 Å². The predicted molar refractivity (Wildman–Crippen MR) is 71.0 cm³/mol. The Hall–Kier alpha value is -0.120. The summed E-state index contributed by atoms with van der Waals surface area (Å²) in [6.07, 6.45) is 2.37. The first-order valence-electron chi connectivity index (χ1n) is 6.99. The highest BCUT2D eigenvalue weighted by Crippen LogP contribution is 2.62. The van der Waals surface area contributed by atoms with Crippen LogP contribution in [0.15, 0.2) is 0 Å². The zero-order valence-corrected chi connectivity index (χ0v) is 11.8. The predicted octanol–water partition coefficient (Wildman–Crippen LogP) is 1.47. The van der Waals surface area contributed by atoms with Gasteiger partial charge in [0.2, 0.25) is 0 Å². The number of hydrogen-bond donors (Lipinski definition) is 2. The van der Waals surface area contributed by atoms with Gasteiger partial charge in [0.15, 0.2) is 0 Å². The highest BCUT2D eigenvalue weighted by atomic mass is 16.3. The van der Waals surface area contributed by atoms with E-state index in [0.717, 1.165) is 26.2 Å². The van der Waals surface area contributed by atoms with Crippen molar-refractivity contribution >= 4 is 0 Å². The topological polar surface area (TPSA) is 35.5 Å². The smallest absolute Gasteiger partial charge is 0.0791 e. The van der Waals surface area contributed by atoms with Crippen LogP contribution in [0.3, 0.4) is 0 Å². The lowest BCUT2D eigenvalue weighted by Gasteiger charge is -2.20. The van der Waals surface area contributed by atoms with Crippen LogP contribution in [-0.4, -0.2) is 48.3 Å². The molecule has 0 bridgehead atoms. The van der Waals surface area contributed by atoms with Crippen molar-refractivity contribution in [2.24, 2.45) is 10.8 Å². The first-order chi connectivity index (χ1) is 7.85. The molecule has 0 aromatic carbocycles. The minimum atomic E-state index is -0.222. The number of likely N-dealkylation sites (tertiary alicyclic amines) is 1. The summed E-state index contributed by atoms with van der Waals surface area (Å²) in [5.41, 5.74) is 0.723. The third kappa shape index (κ3) is 2.51. The molecule has 3 nitrogen and oxygen atoms in total. The van der Waals surface area contributed by atoms with Crippen LogP contribution in [0.2, 0.25) is 0 Å². The second-order valence-electron chi connectivity index (χ2n) is 6.95. The zero-order valence-electron chi connectivity index (χ0n) is 11.8. The summed E-state index contributed by atoms with van der Waals surface area (Å²) in [5.74, 6) is 0. The Morgan fingerprint density at radius 2 is 1.71 bits per heavy atom. The average Bonchev–Trinajstić information content (AvgIpc) is 2.61. The minimum Gasteiger partial charge on any atom is -0.390 e. The second kappa shape index (κ2) is 4.52. The number of aliphatic hydroxyl groups excluding tert-OH is 1. The Balaban J connectivity index is 1.68. The average molecular weight is 240 g/mol. The van der Waals surface area contributed by atoms with E-state index >= 15 is 0 Å². The van der Waals surface area contributed by atoms with Gasteiger partial charge in [-0.25, -0.2) is 0 Å². The molecular weight excluding hydrogens is 212 g/mol. The summed E-state index contributed by atoms with van der Waals surface area (Å²) in [6, 6.07) is 0.545. The van der Waals surface area contributed by atoms with Crippen LogP contribution in [0.4, 0.5) is 0 Å². The lowest BCUT2D eigenvalue weighted by atomic mass is 10.0. The summed E-state index contributed by atoms with van der Waals surface area (Å²) in [7, 11) is 0. The van der Waals surface area contributed by atoms with Crippen molar-refractivity contribution in [1.29, 1.82) is 0 Å². The second-order valence-corrected chi connectivity index (χ2v) is 6.95. The molecule has 1 saturated carbocycles. The summed E-state index contributed by atoms with van der Waals surface area (Å²) in [6.45, 7) is 13.1. The molecule has 1 saturated heterocycles. The van der Waals surface area contributed by atoms with E-state index in [1.54, 1.807) is 0 Å². The van der Waals surface area contributed by atoms with Gasteiger partial charge in [-0.2, -0.15) is 0 Å². The summed E-state index contributed by atoms with van der Waals surface area (Å²) >= 11 is 0. The Kier molecular flexibility index (Phi) is 3.54. The van der Waals surface area contributed by atoms with Crippen molar-refractivity contribution in [3.05, 3.63) is 0 Å². The minimum absolute atomic E-state index is 0.222. The first kappa shape index (κ1) is 13.3. The lowest BCUT2D eigenvalue weighted by Crippen LogP contribution is -2.39. The fourth-order valence-electron chi connectivity index (χ4n) is 3.29. The Labute approximate surface area is 106 Å². The Morgan fingerprint density at radius 3 is 2.18 bits per heavy atom. The molecule has 100 valence electrons. The number of aliphatic hydroxyl groups is 1. The monoisotopic (exact) mass is 240 g/mol. The molecule has 2 rings (SSSR count). The van der Waals surface area contributed by atoms with Crippen LogP contribution in [0.1, 0.15) is 40.5 Å². The molecule has 0 aromatic heterocycles. The van der Waals surface area contributed by atoms with Crippen molar-refractivity contribution in [1.82, 2.24) is 10.2 Å². The van der Waals surface area contributed by atoms with E-state index in [2.05, 4.69) is 37.9 Å². The standard InChI is InChI=1S/C14H28N2O/c1-13(2)12(14(13,3)4)15-9-11(17)10-16-7-5-6-8-16/h11-12,15,17H,5-10H2,1-4H3. The van der Waals surface area contributed by atoms with Crippen LogP contribution >= 0.6 is 0 Å². The highest BCUT2D eigenvalue weighted by Gasteiger charge is 2.64. The number of nitrogens with one attached hydrogen (secondary N) is 1. The molecule has 1 aliphatic carbocycles. The fourth-order valence-corrected chi connectivity index (χ4v) is 3.29. The SMILES string of the molecule is CC1(C)C(NCC(O)CN2CCCC2)C1(C)C. The molecule has 2 fully saturated rings. The van der Waals surface area contributed by atoms with Gasteiger partial charge in [0.1, 0.15) is 0 Å². The lowest BCUT2D eigenvalue weighted by molar-refractivity contribution is 0.122. The molecule has 1 heterocycles. The van der Waals surface area contributed by atoms with Gasteiger partial charge in [-0.1, -0.05) is 27.7 Å². The molecule has 1 aliphatic heterocycles. The summed E-state index contributed by atoms with van der Waals surface area (Å²) in [4.78, 5) is 2.37. The maximum absolute atomic E-state index is 10.0. The van der Waals surface area contributed by atoms with Gasteiger partial charge in [0, 0.05) is 19.1 Å². The number of hydrogen-bond acceptors (Lipinski definition) is 3. The van der Waals surface area contributed by atoms with Crippen molar-refractivity contribution in [3.8, 4) is 0 Å². The largest absolute Gasteiger partial charge is 0.390 e. The molecule has 0 amide bonds. The van der Waals surface area contributed by atoms with Crippen LogP contribution in [0.5, 0.6) is 0 Å². The Morgan fingerprint density at radius 1 is 1.18 bits per heavy atom. The molecule has 1 atom stereocenters. The molecule has 17 heavy (non-hydrogen) atoms. The Bertz CT molecular complexity index is 255. The molecule has 1 unspecified atom stereocenters. The normalized spacial score (nSPS) is 29.5. The van der Waals surface area contributed by atoms with Gasteiger partial charge in [0.05, 0.1) is 6.10 Å². The maximum Gasteiger partial charge on any atom is 0.0791 e. The summed E-state index contributed by atoms with van der Waals surface area (Å²) < 4.78 is 0. The molecule has 0 spiro atoms. The quantitative estimate of drug-likeness (QED) is 0.764. The molecule has 0 radical (unpaired) electrons. The fraction of sp³-hybridized carbons (Fsp3) is 1.00. The summed E-state index contributed by atoms with van der Waals surface area (Å²) in [5, 5.41) is 13.6. The molecular formula is C14H28N2O. The molecule has 0 aromatic rings. The zero-order chi connectivity index (χ0) is 12.7. The van der Waals surface area contributed by atoms with Gasteiger partial charge >= 0.3 is 0 Å². The van der Waals surface area contributed by atoms with Crippen molar-refractivity contribution in [2.45, 2.75) is 52.7 Å². The van der Waals surface area contributed by atoms with Gasteiger partial charge in [0.25, 0.3) is 0 Å². The van der Waals surface area contributed by atoms with Crippen LogP contribution in [0, 0.1) is 10.8 Å². The van der Waals surface area contributed by atoms with Gasteiger partial charge < -0.3 is 15.3 Å². The maximum atomic E-state index is 10.0. The molecule has 2 N–H and O–H groups in total. The van der Waals surface area contributed by atoms with Crippen LogP contribution in [-0.2, 0) is 0 Å². The van der Waals surface area contributed by atoms with Gasteiger partial charge in [-0.3, -0.25) is 0 Å². The van der Waals surface area contributed by atoms with Crippen molar-refractivity contribution < 1.29 is 5.11 Å². The van der Waals surface area contributed by atoms with Crippen LogP contribution < -0.4 is 5.32 Å². The van der Waals surface area contributed by atoms with Crippen molar-refractivity contribution in [2.75, 3.05) is 26.2 Å². The van der Waals surface area contributed by atoms with E-state index in [1.807, 2.05) is 0 Å². The van der Waals surface area contributed by atoms with Crippen molar-refractivity contribution in [3.63, 3.8) is 0 Å². The highest BCUT2D eigenvalue weighted by molar-refractivity contribution is 5.17. The third-order valence-corrected chi connectivity index (χ3v) is 5.25. The number of β-amino-alcohol motifs (C(OH)–C–C–N with tert-alkyl or cyclic N) is 1. The van der Waals surface area contributed by atoms with E-state index in [9.17, 15) is 5.11 Å². The van der Waals surface area contributed by atoms with Gasteiger partial charge in [-0.05, 0) is 36.8 Å². The van der Waals surface area contributed by atoms with Crippen LogP contribution in [0.25, 0.3) is 0 Å². The molecule has 3 heteroatoms. The number of nitrogens with zero attached hydrogens (tertiary/aromatic N) is 1. The first-order valence-corrected chi connectivity index (χ1v) is 6.99. The van der Waals surface area contributed by atoms with Gasteiger partial charge in [-0.15, -0.1) is 0 Å². The van der Waals surface area contributed by atoms with E-state index in [1.165, 1.54) is 12.8 Å². The van der Waals surface area contributed by atoms with E-state index in [0.29, 0.717) is 16.9 Å². The van der Waals surface area contributed by atoms with E-state index < -0.39 is 0 Å². The molecule has 2 aliphatic rings. The number of rotatable bonds is 5. The van der Waals surface area contributed by atoms with E-state index in [4.69, 9.17) is 0 Å².